The van der Waals surface area contributed by atoms with E-state index in [1.807, 2.05) is 79.9 Å². The number of nitrogens with one attached hydrogen (secondary N) is 3. The molecule has 0 radical (unpaired) electrons. The van der Waals surface area contributed by atoms with E-state index in [2.05, 4.69) is 34.8 Å². The number of amides is 4. The molecule has 4 amide bonds. The van der Waals surface area contributed by atoms with Gasteiger partial charge in [-0.3, -0.25) is 14.6 Å². The Balaban J connectivity index is 1.29. The minimum Gasteiger partial charge on any atom is -0.444 e. The second-order valence-electron chi connectivity index (χ2n) is 13.9. The molecule has 3 N–H and O–H groups in total. The maximum absolute atomic E-state index is 14.1. The Kier molecular flexibility index (Phi) is 13.9. The smallest absolute Gasteiger partial charge is 0.408 e. The highest BCUT2D eigenvalue weighted by molar-refractivity contribution is 7.09. The van der Waals surface area contributed by atoms with Crippen molar-refractivity contribution >= 4 is 46.5 Å². The Morgan fingerprint density at radius 2 is 1.56 bits per heavy atom. The second kappa shape index (κ2) is 18.7. The SMILES string of the molecule is CC(C)c1nc(CN(C(=O)NC(C(=O)NC(CC(=O)C(Cc2ccccc2)NC(=O)OCc2cncs2)Cc2ccccc2)C(C)C)C2CC2)cs1. The number of rotatable bonds is 18. The van der Waals surface area contributed by atoms with Gasteiger partial charge in [-0.25, -0.2) is 14.6 Å². The number of Topliss-reactive ketones (excluding diaryl/α,β-unsaturated/α-hetero) is 1. The van der Waals surface area contributed by atoms with E-state index < -0.39 is 24.2 Å². The first-order chi connectivity index (χ1) is 25.0. The van der Waals surface area contributed by atoms with Crippen LogP contribution in [-0.2, 0) is 40.3 Å². The summed E-state index contributed by atoms with van der Waals surface area (Å²) in [7, 11) is 0. The molecule has 0 spiro atoms. The standard InChI is InChI=1S/C39H48N6O5S2/c1-25(2)35(44-38(48)45(31-15-16-31)21-30-23-51-37(42-30)26(3)4)36(47)41-29(17-27-11-7-5-8-12-27)19-34(46)33(18-28-13-9-6-10-14-28)43-39(49)50-22-32-20-40-24-52-32/h5-14,20,23-26,29,31,33,35H,15-19,21-22H2,1-4H3,(H,41,47)(H,43,49)(H,44,48). The lowest BCUT2D eigenvalue weighted by Gasteiger charge is -2.29. The molecule has 13 heteroatoms. The number of aromatic nitrogens is 2. The van der Waals surface area contributed by atoms with E-state index >= 15 is 0 Å². The summed E-state index contributed by atoms with van der Waals surface area (Å²) in [5, 5.41) is 11.9. The molecule has 0 aliphatic heterocycles. The molecule has 0 saturated heterocycles. The quantitative estimate of drug-likeness (QED) is 0.104. The average molecular weight is 745 g/mol. The van der Waals surface area contributed by atoms with Gasteiger partial charge in [-0.2, -0.15) is 0 Å². The number of thiazole rings is 2. The largest absolute Gasteiger partial charge is 0.444 e. The molecule has 1 aliphatic carbocycles. The minimum atomic E-state index is -0.902. The first-order valence-electron chi connectivity index (χ1n) is 17.8. The number of hydrogen-bond acceptors (Lipinski definition) is 9. The summed E-state index contributed by atoms with van der Waals surface area (Å²) in [5.41, 5.74) is 4.30. The van der Waals surface area contributed by atoms with Gasteiger partial charge in [-0.05, 0) is 42.7 Å². The Bertz CT molecular complexity index is 1740. The molecule has 0 bridgehead atoms. The Morgan fingerprint density at radius 1 is 0.885 bits per heavy atom. The third kappa shape index (κ3) is 11.7. The van der Waals surface area contributed by atoms with E-state index in [-0.39, 0.29) is 49.1 Å². The van der Waals surface area contributed by atoms with Crippen LogP contribution in [0.3, 0.4) is 0 Å². The molecule has 3 atom stereocenters. The molecule has 5 rings (SSSR count). The summed E-state index contributed by atoms with van der Waals surface area (Å²) in [4.78, 5) is 66.0. The number of carbonyl (C=O) groups is 4. The third-order valence-corrected chi connectivity index (χ3v) is 10.7. The maximum atomic E-state index is 14.1. The summed E-state index contributed by atoms with van der Waals surface area (Å²) < 4.78 is 5.41. The number of ketones is 1. The first-order valence-corrected chi connectivity index (χ1v) is 19.5. The van der Waals surface area contributed by atoms with Crippen molar-refractivity contribution in [2.45, 2.75) is 103 Å². The lowest BCUT2D eigenvalue weighted by molar-refractivity contribution is -0.125. The number of carbonyl (C=O) groups excluding carboxylic acids is 4. The normalized spacial score (nSPS) is 14.3. The molecule has 2 aromatic carbocycles. The van der Waals surface area contributed by atoms with E-state index in [1.165, 1.54) is 11.3 Å². The van der Waals surface area contributed by atoms with Crippen LogP contribution in [0.2, 0.25) is 0 Å². The zero-order chi connectivity index (χ0) is 37.0. The number of benzene rings is 2. The van der Waals surface area contributed by atoms with Crippen LogP contribution >= 0.6 is 22.7 Å². The number of urea groups is 1. The molecule has 4 aromatic rings. The molecule has 1 aliphatic rings. The molecule has 276 valence electrons. The van der Waals surface area contributed by atoms with Crippen molar-refractivity contribution in [1.82, 2.24) is 30.8 Å². The van der Waals surface area contributed by atoms with Crippen molar-refractivity contribution in [1.29, 1.82) is 0 Å². The average Bonchev–Trinajstić information content (AvgIpc) is 3.60. The van der Waals surface area contributed by atoms with Crippen LogP contribution in [-0.4, -0.2) is 62.9 Å². The second-order valence-corrected chi connectivity index (χ2v) is 15.7. The van der Waals surface area contributed by atoms with Gasteiger partial charge in [0.1, 0.15) is 12.6 Å². The van der Waals surface area contributed by atoms with Crippen molar-refractivity contribution in [3.8, 4) is 0 Å². The fraction of sp³-hybridized carbons (Fsp3) is 0.436. The molecular weight excluding hydrogens is 697 g/mol. The van der Waals surface area contributed by atoms with E-state index in [0.29, 0.717) is 18.9 Å². The fourth-order valence-corrected chi connectivity index (χ4v) is 7.15. The third-order valence-electron chi connectivity index (χ3n) is 8.78. The maximum Gasteiger partial charge on any atom is 0.408 e. The zero-order valence-corrected chi connectivity index (χ0v) is 31.8. The zero-order valence-electron chi connectivity index (χ0n) is 30.1. The van der Waals surface area contributed by atoms with Gasteiger partial charge in [0, 0.05) is 36.0 Å². The Morgan fingerprint density at radius 3 is 2.13 bits per heavy atom. The Hall–Kier alpha value is -4.62. The minimum absolute atomic E-state index is 0.0404. The van der Waals surface area contributed by atoms with Gasteiger partial charge >= 0.3 is 12.1 Å². The van der Waals surface area contributed by atoms with Crippen LogP contribution in [0, 0.1) is 5.92 Å². The lowest BCUT2D eigenvalue weighted by atomic mass is 9.94. The van der Waals surface area contributed by atoms with E-state index in [9.17, 15) is 19.2 Å². The number of hydrogen-bond donors (Lipinski definition) is 3. The van der Waals surface area contributed by atoms with Crippen LogP contribution in [0.5, 0.6) is 0 Å². The van der Waals surface area contributed by atoms with Crippen LogP contribution in [0.1, 0.15) is 79.6 Å². The van der Waals surface area contributed by atoms with Gasteiger partial charge in [0.2, 0.25) is 5.91 Å². The van der Waals surface area contributed by atoms with Gasteiger partial charge < -0.3 is 25.6 Å². The van der Waals surface area contributed by atoms with Crippen molar-refractivity contribution in [2.24, 2.45) is 5.92 Å². The topological polar surface area (TPSA) is 143 Å². The van der Waals surface area contributed by atoms with Gasteiger partial charge in [0.25, 0.3) is 0 Å². The molecule has 52 heavy (non-hydrogen) atoms. The molecule has 11 nitrogen and oxygen atoms in total. The summed E-state index contributed by atoms with van der Waals surface area (Å²) in [6.45, 7) is 8.38. The highest BCUT2D eigenvalue weighted by atomic mass is 32.1. The van der Waals surface area contributed by atoms with E-state index in [4.69, 9.17) is 9.72 Å². The first kappa shape index (κ1) is 38.6. The summed E-state index contributed by atoms with van der Waals surface area (Å²) in [6, 6.07) is 16.5. The summed E-state index contributed by atoms with van der Waals surface area (Å²) in [5.74, 6) is -0.557. The van der Waals surface area contributed by atoms with E-state index in [1.54, 1.807) is 27.9 Å². The number of alkyl carbamates (subject to hydrolysis) is 1. The predicted octanol–water partition coefficient (Wildman–Crippen LogP) is 6.65. The lowest BCUT2D eigenvalue weighted by Crippen LogP contribution is -2.56. The van der Waals surface area contributed by atoms with Crippen LogP contribution in [0.4, 0.5) is 9.59 Å². The van der Waals surface area contributed by atoms with Crippen LogP contribution < -0.4 is 16.0 Å². The van der Waals surface area contributed by atoms with Gasteiger partial charge in [0.15, 0.2) is 5.78 Å². The molecule has 2 heterocycles. The van der Waals surface area contributed by atoms with Gasteiger partial charge in [-0.15, -0.1) is 22.7 Å². The highest BCUT2D eigenvalue weighted by Crippen LogP contribution is 2.29. The predicted molar refractivity (Wildman–Crippen MR) is 203 cm³/mol. The summed E-state index contributed by atoms with van der Waals surface area (Å²) in [6.07, 6.45) is 3.30. The molecule has 1 fully saturated rings. The van der Waals surface area contributed by atoms with Gasteiger partial charge in [-0.1, -0.05) is 88.4 Å². The molecular formula is C39H48N6O5S2. The molecule has 3 unspecified atom stereocenters. The van der Waals surface area contributed by atoms with Crippen molar-refractivity contribution in [3.05, 3.63) is 104 Å². The van der Waals surface area contributed by atoms with Crippen molar-refractivity contribution < 1.29 is 23.9 Å². The van der Waals surface area contributed by atoms with E-state index in [0.717, 1.165) is 39.5 Å². The van der Waals surface area contributed by atoms with Crippen molar-refractivity contribution in [2.75, 3.05) is 0 Å². The Labute approximate surface area is 313 Å². The fourth-order valence-electron chi connectivity index (χ4n) is 5.82. The van der Waals surface area contributed by atoms with Crippen molar-refractivity contribution in [3.63, 3.8) is 0 Å². The highest BCUT2D eigenvalue weighted by Gasteiger charge is 2.36. The monoisotopic (exact) mass is 744 g/mol. The van der Waals surface area contributed by atoms with Gasteiger partial charge in [0.05, 0.1) is 33.7 Å². The number of ether oxygens (including phenoxy) is 1. The van der Waals surface area contributed by atoms with Crippen LogP contribution in [0.25, 0.3) is 0 Å². The van der Waals surface area contributed by atoms with Crippen LogP contribution in [0.15, 0.2) is 77.8 Å². The molecule has 1 saturated carbocycles. The number of nitrogens with zero attached hydrogens (tertiary/aromatic N) is 3. The summed E-state index contributed by atoms with van der Waals surface area (Å²) >= 11 is 2.96. The molecule has 2 aromatic heterocycles.